The van der Waals surface area contributed by atoms with Crippen LogP contribution >= 0.6 is 0 Å². The van der Waals surface area contributed by atoms with Crippen molar-refractivity contribution in [1.29, 1.82) is 0 Å². The predicted octanol–water partition coefficient (Wildman–Crippen LogP) is -2.57. The molecule has 0 aliphatic rings. The van der Waals surface area contributed by atoms with Gasteiger partial charge in [0.05, 0.1) is 0 Å². The third kappa shape index (κ3) is 10.3. The summed E-state index contributed by atoms with van der Waals surface area (Å²) in [6.07, 6.45) is 0. The van der Waals surface area contributed by atoms with Crippen molar-refractivity contribution in [2.24, 2.45) is 0 Å². The first-order valence-electron chi connectivity index (χ1n) is 4.15. The van der Waals surface area contributed by atoms with Gasteiger partial charge in [0.25, 0.3) is 0 Å². The first-order chi connectivity index (χ1) is 5.79. The molecule has 80 valence electrons. The molecule has 0 nitrogen and oxygen atoms in total. The zero-order chi connectivity index (χ0) is 8.81. The van der Waals surface area contributed by atoms with Crippen molar-refractivity contribution in [2.45, 2.75) is 13.8 Å². The SMILES string of the molecule is Cc1cc[cH-]c1.Cc1ccc[cH-]1.[Cl-].[Cl-].[Ti+4]. The molecule has 15 heavy (non-hydrogen) atoms. The first kappa shape index (κ1) is 20.4. The summed E-state index contributed by atoms with van der Waals surface area (Å²) >= 11 is 0. The van der Waals surface area contributed by atoms with Gasteiger partial charge in [-0.3, -0.25) is 0 Å². The maximum atomic E-state index is 2.08. The number of hydrogen-bond acceptors (Lipinski definition) is 0. The molecule has 0 aliphatic heterocycles. The summed E-state index contributed by atoms with van der Waals surface area (Å²) in [5, 5.41) is 0. The molecule has 0 fully saturated rings. The van der Waals surface area contributed by atoms with Gasteiger partial charge in [0, 0.05) is 0 Å². The van der Waals surface area contributed by atoms with E-state index in [1.54, 1.807) is 0 Å². The van der Waals surface area contributed by atoms with Crippen LogP contribution < -0.4 is 24.8 Å². The molecular formula is C12H14Cl2Ti. The second-order valence-electron chi connectivity index (χ2n) is 2.92. The molecule has 2 rings (SSSR count). The summed E-state index contributed by atoms with van der Waals surface area (Å²) in [6.45, 7) is 4.17. The number of halogens is 2. The molecule has 0 atom stereocenters. The van der Waals surface area contributed by atoms with Crippen LogP contribution in [0.25, 0.3) is 0 Å². The Kier molecular flexibility index (Phi) is 16.4. The van der Waals surface area contributed by atoms with Crippen LogP contribution in [0.5, 0.6) is 0 Å². The Hall–Kier alpha value is -0.00571. The molecule has 0 unspecified atom stereocenters. The number of hydrogen-bond donors (Lipinski definition) is 0. The average Bonchev–Trinajstić information content (AvgIpc) is 2.63. The van der Waals surface area contributed by atoms with Gasteiger partial charge in [0.2, 0.25) is 0 Å². The van der Waals surface area contributed by atoms with E-state index in [2.05, 4.69) is 38.1 Å². The Labute approximate surface area is 120 Å². The fraction of sp³-hybridized carbons (Fsp3) is 0.167. The second kappa shape index (κ2) is 12.1. The summed E-state index contributed by atoms with van der Waals surface area (Å²) in [5.41, 5.74) is 2.69. The van der Waals surface area contributed by atoms with Crippen molar-refractivity contribution in [1.82, 2.24) is 0 Å². The summed E-state index contributed by atoms with van der Waals surface area (Å²) in [6, 6.07) is 16.5. The Morgan fingerprint density at radius 3 is 1.80 bits per heavy atom. The zero-order valence-corrected chi connectivity index (χ0v) is 11.9. The van der Waals surface area contributed by atoms with E-state index in [1.165, 1.54) is 11.1 Å². The van der Waals surface area contributed by atoms with Crippen molar-refractivity contribution in [3.63, 3.8) is 0 Å². The maximum absolute atomic E-state index is 2.08. The quantitative estimate of drug-likeness (QED) is 0.367. The molecule has 0 aliphatic carbocycles. The monoisotopic (exact) mass is 276 g/mol. The van der Waals surface area contributed by atoms with Crippen molar-refractivity contribution >= 4 is 0 Å². The van der Waals surface area contributed by atoms with Crippen molar-refractivity contribution < 1.29 is 46.5 Å². The zero-order valence-electron chi connectivity index (χ0n) is 8.87. The standard InChI is InChI=1S/2C6H7.2ClH.Ti/c2*1-6-4-2-3-5-6;;;/h2*2-5H,1H3;2*1H;/q2*-1;;;+4/p-2. The van der Waals surface area contributed by atoms with Gasteiger partial charge in [-0.05, 0) is 0 Å². The van der Waals surface area contributed by atoms with E-state index in [0.29, 0.717) is 0 Å². The summed E-state index contributed by atoms with van der Waals surface area (Å²) in [5.74, 6) is 0. The summed E-state index contributed by atoms with van der Waals surface area (Å²) in [4.78, 5) is 0. The third-order valence-corrected chi connectivity index (χ3v) is 1.66. The Balaban J connectivity index is -0.000000160. The molecule has 0 N–H and O–H groups in total. The molecule has 3 heteroatoms. The van der Waals surface area contributed by atoms with Gasteiger partial charge >= 0.3 is 21.7 Å². The van der Waals surface area contributed by atoms with Crippen LogP contribution in [0.4, 0.5) is 0 Å². The molecule has 0 bridgehead atoms. The molecule has 0 saturated heterocycles. The molecule has 0 heterocycles. The van der Waals surface area contributed by atoms with Crippen LogP contribution in [-0.2, 0) is 21.7 Å². The Morgan fingerprint density at radius 2 is 1.67 bits per heavy atom. The van der Waals surface area contributed by atoms with Crippen LogP contribution in [-0.4, -0.2) is 0 Å². The molecule has 0 spiro atoms. The fourth-order valence-corrected chi connectivity index (χ4v) is 0.940. The van der Waals surface area contributed by atoms with Gasteiger partial charge in [-0.25, -0.2) is 23.8 Å². The van der Waals surface area contributed by atoms with Crippen molar-refractivity contribution in [3.05, 3.63) is 59.7 Å². The van der Waals surface area contributed by atoms with Gasteiger partial charge < -0.3 is 24.8 Å². The van der Waals surface area contributed by atoms with Gasteiger partial charge in [-0.15, -0.1) is 0 Å². The van der Waals surface area contributed by atoms with Crippen LogP contribution in [0.3, 0.4) is 0 Å². The second-order valence-corrected chi connectivity index (χ2v) is 2.92. The summed E-state index contributed by atoms with van der Waals surface area (Å²) < 4.78 is 0. The Bertz CT molecular complexity index is 253. The largest absolute Gasteiger partial charge is 4.00 e. The van der Waals surface area contributed by atoms with E-state index in [1.807, 2.05) is 24.3 Å². The van der Waals surface area contributed by atoms with Crippen LogP contribution in [0.2, 0.25) is 0 Å². The average molecular weight is 277 g/mol. The molecule has 0 aromatic heterocycles. The van der Waals surface area contributed by atoms with E-state index in [4.69, 9.17) is 0 Å². The fourth-order valence-electron chi connectivity index (χ4n) is 0.940. The topological polar surface area (TPSA) is 0 Å². The van der Waals surface area contributed by atoms with E-state index in [9.17, 15) is 0 Å². The van der Waals surface area contributed by atoms with Crippen LogP contribution in [0.15, 0.2) is 48.5 Å². The van der Waals surface area contributed by atoms with Crippen molar-refractivity contribution in [2.75, 3.05) is 0 Å². The van der Waals surface area contributed by atoms with Crippen LogP contribution in [0, 0.1) is 13.8 Å². The van der Waals surface area contributed by atoms with Gasteiger partial charge in [-0.2, -0.15) is 35.9 Å². The predicted molar refractivity (Wildman–Crippen MR) is 53.5 cm³/mol. The third-order valence-electron chi connectivity index (χ3n) is 1.66. The molecule has 0 radical (unpaired) electrons. The molecule has 2 aromatic carbocycles. The minimum absolute atomic E-state index is 0. The molecular weight excluding hydrogens is 263 g/mol. The molecule has 0 saturated carbocycles. The van der Waals surface area contributed by atoms with Crippen LogP contribution in [0.1, 0.15) is 11.1 Å². The minimum Gasteiger partial charge on any atom is -1.00 e. The van der Waals surface area contributed by atoms with E-state index < -0.39 is 0 Å². The minimum atomic E-state index is 0. The normalized spacial score (nSPS) is 7.07. The van der Waals surface area contributed by atoms with Gasteiger partial charge in [0.15, 0.2) is 0 Å². The Morgan fingerprint density at radius 1 is 1.00 bits per heavy atom. The van der Waals surface area contributed by atoms with Gasteiger partial charge in [0.1, 0.15) is 0 Å². The number of rotatable bonds is 0. The molecule has 2 aromatic rings. The maximum Gasteiger partial charge on any atom is 4.00 e. The summed E-state index contributed by atoms with van der Waals surface area (Å²) in [7, 11) is 0. The van der Waals surface area contributed by atoms with E-state index in [0.717, 1.165) is 0 Å². The van der Waals surface area contributed by atoms with Crippen molar-refractivity contribution in [3.8, 4) is 0 Å². The smallest absolute Gasteiger partial charge is 1.00 e. The van der Waals surface area contributed by atoms with Gasteiger partial charge in [-0.1, -0.05) is 13.8 Å². The number of aryl methyl sites for hydroxylation is 2. The van der Waals surface area contributed by atoms with E-state index >= 15 is 0 Å². The molecule has 0 amide bonds. The first-order valence-corrected chi connectivity index (χ1v) is 4.15. The van der Waals surface area contributed by atoms with E-state index in [-0.39, 0.29) is 46.5 Å².